The van der Waals surface area contributed by atoms with Crippen LogP contribution in [0.3, 0.4) is 0 Å². The molecule has 0 radical (unpaired) electrons. The average molecular weight is 316 g/mol. The molecule has 0 aromatic carbocycles. The zero-order chi connectivity index (χ0) is 17.0. The van der Waals surface area contributed by atoms with Gasteiger partial charge in [0, 0.05) is 12.7 Å². The van der Waals surface area contributed by atoms with Gasteiger partial charge in [-0.2, -0.15) is 0 Å². The molecule has 6 nitrogen and oxygen atoms in total. The van der Waals surface area contributed by atoms with Gasteiger partial charge in [0.15, 0.2) is 5.78 Å². The molecule has 0 saturated carbocycles. The van der Waals surface area contributed by atoms with Crippen molar-refractivity contribution in [2.24, 2.45) is 5.41 Å². The fourth-order valence-electron chi connectivity index (χ4n) is 1.98. The molecule has 0 bridgehead atoms. The molecule has 0 unspecified atom stereocenters. The zero-order valence-corrected chi connectivity index (χ0v) is 14.4. The van der Waals surface area contributed by atoms with Crippen molar-refractivity contribution >= 4 is 16.8 Å². The highest BCUT2D eigenvalue weighted by atomic mass is 16.5. The van der Waals surface area contributed by atoms with Crippen molar-refractivity contribution in [3.8, 4) is 5.88 Å². The maximum atomic E-state index is 12.4. The van der Waals surface area contributed by atoms with E-state index in [0.717, 1.165) is 0 Å². The molecule has 0 aliphatic carbocycles. The van der Waals surface area contributed by atoms with Crippen LogP contribution in [0.15, 0.2) is 24.7 Å². The van der Waals surface area contributed by atoms with E-state index in [1.807, 2.05) is 25.1 Å². The van der Waals surface area contributed by atoms with Gasteiger partial charge in [0.25, 0.3) is 0 Å². The van der Waals surface area contributed by atoms with Crippen molar-refractivity contribution in [3.05, 3.63) is 30.2 Å². The molecule has 0 amide bonds. The molecule has 1 N–H and O–H groups in total. The zero-order valence-electron chi connectivity index (χ0n) is 14.4. The van der Waals surface area contributed by atoms with Crippen molar-refractivity contribution in [3.63, 3.8) is 0 Å². The topological polar surface area (TPSA) is 71.1 Å². The Morgan fingerprint density at radius 3 is 2.74 bits per heavy atom. The Morgan fingerprint density at radius 2 is 2.09 bits per heavy atom. The molecule has 2 aromatic heterocycles. The number of aromatic amines is 1. The molecule has 23 heavy (non-hydrogen) atoms. The standard InChI is InChI=1S/C17H24N4O2/c1-17(2,3)10-23-16-14-12(9-18-15(14)19-11-20-16)13(22)7-6-8-21(4)5/h6-7,9,11H,8,10H2,1-5H3,(H,18,19,20). The van der Waals surface area contributed by atoms with Crippen LogP contribution >= 0.6 is 0 Å². The van der Waals surface area contributed by atoms with Gasteiger partial charge < -0.3 is 14.6 Å². The van der Waals surface area contributed by atoms with E-state index in [1.165, 1.54) is 6.33 Å². The number of likely N-dealkylation sites (N-methyl/N-ethyl adjacent to an activating group) is 1. The maximum absolute atomic E-state index is 12.4. The van der Waals surface area contributed by atoms with Crippen LogP contribution in [0.4, 0.5) is 0 Å². The van der Waals surface area contributed by atoms with Crippen molar-refractivity contribution in [2.45, 2.75) is 20.8 Å². The number of allylic oxidation sites excluding steroid dienone is 1. The lowest BCUT2D eigenvalue weighted by Crippen LogP contribution is -2.17. The maximum Gasteiger partial charge on any atom is 0.226 e. The number of ketones is 1. The van der Waals surface area contributed by atoms with Crippen LogP contribution in [0.25, 0.3) is 11.0 Å². The molecule has 0 atom stereocenters. The Morgan fingerprint density at radius 1 is 1.35 bits per heavy atom. The first kappa shape index (κ1) is 17.1. The minimum Gasteiger partial charge on any atom is -0.477 e. The van der Waals surface area contributed by atoms with Gasteiger partial charge >= 0.3 is 0 Å². The first-order chi connectivity index (χ1) is 10.8. The van der Waals surface area contributed by atoms with E-state index in [0.29, 0.717) is 35.6 Å². The molecule has 0 saturated heterocycles. The number of nitrogens with zero attached hydrogens (tertiary/aromatic N) is 3. The van der Waals surface area contributed by atoms with Gasteiger partial charge in [-0.3, -0.25) is 4.79 Å². The molecule has 0 fully saturated rings. The Kier molecular flexibility index (Phi) is 5.15. The molecule has 2 rings (SSSR count). The fourth-order valence-corrected chi connectivity index (χ4v) is 1.98. The minimum absolute atomic E-state index is 0.00334. The van der Waals surface area contributed by atoms with Crippen molar-refractivity contribution in [2.75, 3.05) is 27.2 Å². The lowest BCUT2D eigenvalue weighted by atomic mass is 9.99. The molecule has 0 aliphatic heterocycles. The summed E-state index contributed by atoms with van der Waals surface area (Å²) in [5.74, 6) is 0.351. The second kappa shape index (κ2) is 6.91. The van der Waals surface area contributed by atoms with Crippen LogP contribution < -0.4 is 4.74 Å². The van der Waals surface area contributed by atoms with E-state index >= 15 is 0 Å². The highest BCUT2D eigenvalue weighted by Crippen LogP contribution is 2.27. The van der Waals surface area contributed by atoms with Gasteiger partial charge in [0.2, 0.25) is 5.88 Å². The number of nitrogens with one attached hydrogen (secondary N) is 1. The third-order valence-electron chi connectivity index (χ3n) is 3.08. The quantitative estimate of drug-likeness (QED) is 0.655. The summed E-state index contributed by atoms with van der Waals surface area (Å²) in [6.45, 7) is 7.46. The van der Waals surface area contributed by atoms with Crippen LogP contribution in [0, 0.1) is 5.41 Å². The molecule has 124 valence electrons. The Bertz CT molecular complexity index is 711. The predicted molar refractivity (Wildman–Crippen MR) is 90.9 cm³/mol. The predicted octanol–water partition coefficient (Wildman–Crippen LogP) is 2.68. The molecular weight excluding hydrogens is 292 g/mol. The SMILES string of the molecule is CN(C)CC=CC(=O)c1c[nH]c2ncnc(OCC(C)(C)C)c12. The van der Waals surface area contributed by atoms with E-state index in [-0.39, 0.29) is 11.2 Å². The van der Waals surface area contributed by atoms with Crippen LogP contribution in [0.1, 0.15) is 31.1 Å². The summed E-state index contributed by atoms with van der Waals surface area (Å²) in [5.41, 5.74) is 1.14. The highest BCUT2D eigenvalue weighted by molar-refractivity contribution is 6.13. The first-order valence-corrected chi connectivity index (χ1v) is 7.58. The minimum atomic E-state index is -0.0893. The Balaban J connectivity index is 2.30. The van der Waals surface area contributed by atoms with Crippen LogP contribution in [0.5, 0.6) is 5.88 Å². The molecule has 0 spiro atoms. The third kappa shape index (κ3) is 4.63. The summed E-state index contributed by atoms with van der Waals surface area (Å²) in [5, 5.41) is 0.635. The molecule has 2 heterocycles. The van der Waals surface area contributed by atoms with Crippen LogP contribution in [0.2, 0.25) is 0 Å². The normalized spacial score (nSPS) is 12.4. The molecule has 0 aliphatic rings. The summed E-state index contributed by atoms with van der Waals surface area (Å²) in [4.78, 5) is 25.8. The van der Waals surface area contributed by atoms with Crippen molar-refractivity contribution in [1.29, 1.82) is 0 Å². The van der Waals surface area contributed by atoms with Gasteiger partial charge in [0.05, 0.1) is 17.6 Å². The second-order valence-electron chi connectivity index (χ2n) is 6.98. The van der Waals surface area contributed by atoms with E-state index in [4.69, 9.17) is 4.74 Å². The van der Waals surface area contributed by atoms with Crippen LogP contribution in [-0.4, -0.2) is 52.9 Å². The first-order valence-electron chi connectivity index (χ1n) is 7.58. The fraction of sp³-hybridized carbons (Fsp3) is 0.471. The molecule has 6 heteroatoms. The number of aromatic nitrogens is 3. The largest absolute Gasteiger partial charge is 0.477 e. The molecule has 2 aromatic rings. The summed E-state index contributed by atoms with van der Waals surface area (Å²) in [7, 11) is 3.90. The smallest absolute Gasteiger partial charge is 0.226 e. The number of carbonyl (C=O) groups is 1. The number of carbonyl (C=O) groups excluding carboxylic acids is 1. The third-order valence-corrected chi connectivity index (χ3v) is 3.08. The van der Waals surface area contributed by atoms with E-state index in [1.54, 1.807) is 12.3 Å². The number of fused-ring (bicyclic) bond motifs is 1. The van der Waals surface area contributed by atoms with E-state index in [9.17, 15) is 4.79 Å². The number of rotatable bonds is 6. The van der Waals surface area contributed by atoms with E-state index < -0.39 is 0 Å². The van der Waals surface area contributed by atoms with E-state index in [2.05, 4.69) is 35.7 Å². The van der Waals surface area contributed by atoms with Gasteiger partial charge in [-0.1, -0.05) is 26.8 Å². The monoisotopic (exact) mass is 316 g/mol. The number of ether oxygens (including phenoxy) is 1. The summed E-state index contributed by atoms with van der Waals surface area (Å²) in [6, 6.07) is 0. The van der Waals surface area contributed by atoms with Gasteiger partial charge in [-0.15, -0.1) is 0 Å². The average Bonchev–Trinajstić information content (AvgIpc) is 2.88. The number of hydrogen-bond donors (Lipinski definition) is 1. The summed E-state index contributed by atoms with van der Waals surface area (Å²) in [6.07, 6.45) is 6.50. The lowest BCUT2D eigenvalue weighted by molar-refractivity contribution is 0.104. The summed E-state index contributed by atoms with van der Waals surface area (Å²) < 4.78 is 5.82. The number of H-pyrrole nitrogens is 1. The highest BCUT2D eigenvalue weighted by Gasteiger charge is 2.18. The Labute approximate surface area is 136 Å². The second-order valence-corrected chi connectivity index (χ2v) is 6.98. The van der Waals surface area contributed by atoms with Gasteiger partial charge in [-0.05, 0) is 25.6 Å². The van der Waals surface area contributed by atoms with Crippen LogP contribution in [-0.2, 0) is 0 Å². The molecular formula is C17H24N4O2. The van der Waals surface area contributed by atoms with Gasteiger partial charge in [-0.25, -0.2) is 9.97 Å². The summed E-state index contributed by atoms with van der Waals surface area (Å²) >= 11 is 0. The Hall–Kier alpha value is -2.21. The van der Waals surface area contributed by atoms with Gasteiger partial charge in [0.1, 0.15) is 12.0 Å². The lowest BCUT2D eigenvalue weighted by Gasteiger charge is -2.18. The van der Waals surface area contributed by atoms with Crippen molar-refractivity contribution in [1.82, 2.24) is 19.9 Å². The van der Waals surface area contributed by atoms with Crippen molar-refractivity contribution < 1.29 is 9.53 Å². The number of hydrogen-bond acceptors (Lipinski definition) is 5.